The summed E-state index contributed by atoms with van der Waals surface area (Å²) in [6, 6.07) is 15.5. The summed E-state index contributed by atoms with van der Waals surface area (Å²) < 4.78 is 31.4. The number of ether oxygens (including phenoxy) is 1. The second kappa shape index (κ2) is 8.90. The highest BCUT2D eigenvalue weighted by Crippen LogP contribution is 2.27. The molecule has 0 aromatic heterocycles. The minimum absolute atomic E-state index is 0.255. The Kier molecular flexibility index (Phi) is 6.85. The second-order valence-corrected chi connectivity index (χ2v) is 8.22. The lowest BCUT2D eigenvalue weighted by atomic mass is 10.1. The zero-order chi connectivity index (χ0) is 20.0. The van der Waals surface area contributed by atoms with Gasteiger partial charge in [-0.3, -0.25) is 9.10 Å². The minimum Gasteiger partial charge on any atom is -0.497 e. The van der Waals surface area contributed by atoms with Gasteiger partial charge in [0.15, 0.2) is 0 Å². The van der Waals surface area contributed by atoms with Crippen molar-refractivity contribution in [1.82, 2.24) is 4.90 Å². The third-order valence-electron chi connectivity index (χ3n) is 4.26. The first-order valence-corrected chi connectivity index (χ1v) is 10.5. The molecule has 6 nitrogen and oxygen atoms in total. The number of methoxy groups -OCH3 is 1. The molecule has 0 spiro atoms. The molecule has 2 aromatic rings. The van der Waals surface area contributed by atoms with Gasteiger partial charge in [-0.15, -0.1) is 0 Å². The van der Waals surface area contributed by atoms with Crippen LogP contribution >= 0.6 is 0 Å². The van der Waals surface area contributed by atoms with Crippen molar-refractivity contribution in [3.63, 3.8) is 0 Å². The van der Waals surface area contributed by atoms with Crippen LogP contribution in [-0.2, 0) is 21.4 Å². The molecule has 2 aromatic carbocycles. The zero-order valence-electron chi connectivity index (χ0n) is 16.1. The maximum atomic E-state index is 13.1. The van der Waals surface area contributed by atoms with E-state index in [1.165, 1.54) is 11.4 Å². The number of rotatable bonds is 8. The first kappa shape index (κ1) is 20.8. The first-order valence-electron chi connectivity index (χ1n) is 8.70. The number of benzene rings is 2. The molecule has 0 heterocycles. The highest BCUT2D eigenvalue weighted by atomic mass is 32.2. The molecule has 0 saturated carbocycles. The van der Waals surface area contributed by atoms with Gasteiger partial charge in [-0.2, -0.15) is 0 Å². The Balaban J connectivity index is 2.35. The van der Waals surface area contributed by atoms with Crippen molar-refractivity contribution in [2.75, 3.05) is 24.7 Å². The van der Waals surface area contributed by atoms with Crippen molar-refractivity contribution in [2.45, 2.75) is 25.9 Å². The minimum atomic E-state index is -3.68. The fraction of sp³-hybridized carbons (Fsp3) is 0.350. The summed E-state index contributed by atoms with van der Waals surface area (Å²) in [5.74, 6) is 0.274. The zero-order valence-corrected chi connectivity index (χ0v) is 16.9. The van der Waals surface area contributed by atoms with Crippen LogP contribution in [-0.4, -0.2) is 45.7 Å². The normalized spacial score (nSPS) is 12.3. The molecule has 0 aliphatic carbocycles. The smallest absolute Gasteiger partial charge is 0.246 e. The molecule has 2 rings (SSSR count). The molecule has 0 aliphatic rings. The van der Waals surface area contributed by atoms with E-state index < -0.39 is 16.1 Å². The largest absolute Gasteiger partial charge is 0.497 e. The van der Waals surface area contributed by atoms with Crippen LogP contribution in [0.25, 0.3) is 0 Å². The number of carbonyl (C=O) groups is 1. The number of nitrogens with zero attached hydrogens (tertiary/aromatic N) is 2. The summed E-state index contributed by atoms with van der Waals surface area (Å²) in [4.78, 5) is 14.6. The Bertz CT molecular complexity index is 869. The third-order valence-corrected chi connectivity index (χ3v) is 5.44. The van der Waals surface area contributed by atoms with E-state index in [2.05, 4.69) is 0 Å². The Morgan fingerprint density at radius 3 is 2.33 bits per heavy atom. The van der Waals surface area contributed by atoms with Crippen molar-refractivity contribution >= 4 is 21.6 Å². The fourth-order valence-corrected chi connectivity index (χ4v) is 4.18. The van der Waals surface area contributed by atoms with Crippen LogP contribution in [0.5, 0.6) is 5.75 Å². The van der Waals surface area contributed by atoms with Gasteiger partial charge < -0.3 is 9.64 Å². The molecule has 1 amide bonds. The molecule has 27 heavy (non-hydrogen) atoms. The molecule has 1 atom stereocenters. The van der Waals surface area contributed by atoms with E-state index in [1.807, 2.05) is 30.3 Å². The lowest BCUT2D eigenvalue weighted by Crippen LogP contribution is -2.49. The molecular formula is C20H26N2O4S. The van der Waals surface area contributed by atoms with Gasteiger partial charge in [0.05, 0.1) is 19.1 Å². The Morgan fingerprint density at radius 1 is 1.11 bits per heavy atom. The number of hydrogen-bond donors (Lipinski definition) is 0. The second-order valence-electron chi connectivity index (χ2n) is 6.36. The lowest BCUT2D eigenvalue weighted by molar-refractivity contribution is -0.131. The van der Waals surface area contributed by atoms with Gasteiger partial charge in [0.2, 0.25) is 15.9 Å². The maximum Gasteiger partial charge on any atom is 0.246 e. The highest BCUT2D eigenvalue weighted by molar-refractivity contribution is 7.92. The van der Waals surface area contributed by atoms with Crippen molar-refractivity contribution in [3.05, 3.63) is 60.2 Å². The SMILES string of the molecule is CC[C@H](C(=O)N(C)Cc1ccccc1)N(c1cccc(OC)c1)S(C)(=O)=O. The fourth-order valence-electron chi connectivity index (χ4n) is 2.98. The van der Waals surface area contributed by atoms with E-state index in [1.54, 1.807) is 43.1 Å². The van der Waals surface area contributed by atoms with Crippen LogP contribution in [0.4, 0.5) is 5.69 Å². The van der Waals surface area contributed by atoms with E-state index in [0.717, 1.165) is 11.8 Å². The predicted octanol–water partition coefficient (Wildman–Crippen LogP) is 2.90. The Morgan fingerprint density at radius 2 is 1.78 bits per heavy atom. The number of sulfonamides is 1. The summed E-state index contributed by atoms with van der Waals surface area (Å²) in [7, 11) is -0.477. The standard InChI is InChI=1S/C20H26N2O4S/c1-5-19(20(23)21(2)15-16-10-7-6-8-11-16)22(27(4,24)25)17-12-9-13-18(14-17)26-3/h6-14,19H,5,15H2,1-4H3/t19-/m1/s1. The topological polar surface area (TPSA) is 66.9 Å². The van der Waals surface area contributed by atoms with E-state index in [9.17, 15) is 13.2 Å². The molecule has 146 valence electrons. The van der Waals surface area contributed by atoms with Gasteiger partial charge in [0, 0.05) is 19.7 Å². The molecule has 0 bridgehead atoms. The quantitative estimate of drug-likeness (QED) is 0.695. The van der Waals surface area contributed by atoms with E-state index >= 15 is 0 Å². The summed E-state index contributed by atoms with van der Waals surface area (Å²) in [5.41, 5.74) is 1.39. The lowest BCUT2D eigenvalue weighted by Gasteiger charge is -2.33. The number of carbonyl (C=O) groups excluding carboxylic acids is 1. The van der Waals surface area contributed by atoms with Crippen LogP contribution in [0, 0.1) is 0 Å². The molecule has 0 aliphatic heterocycles. The molecule has 0 radical (unpaired) electrons. The number of hydrogen-bond acceptors (Lipinski definition) is 4. The number of amides is 1. The first-order chi connectivity index (χ1) is 12.8. The van der Waals surface area contributed by atoms with Gasteiger partial charge in [-0.1, -0.05) is 43.3 Å². The average Bonchev–Trinajstić information content (AvgIpc) is 2.65. The van der Waals surface area contributed by atoms with E-state index in [0.29, 0.717) is 24.4 Å². The summed E-state index contributed by atoms with van der Waals surface area (Å²) in [6.45, 7) is 2.21. The van der Waals surface area contributed by atoms with E-state index in [4.69, 9.17) is 4.74 Å². The molecule has 7 heteroatoms. The van der Waals surface area contributed by atoms with Gasteiger partial charge in [-0.25, -0.2) is 8.42 Å². The van der Waals surface area contributed by atoms with Crippen LogP contribution in [0.15, 0.2) is 54.6 Å². The predicted molar refractivity (Wildman–Crippen MR) is 107 cm³/mol. The van der Waals surface area contributed by atoms with Crippen molar-refractivity contribution in [1.29, 1.82) is 0 Å². The molecule has 0 fully saturated rings. The van der Waals surface area contributed by atoms with Gasteiger partial charge >= 0.3 is 0 Å². The van der Waals surface area contributed by atoms with E-state index in [-0.39, 0.29) is 5.91 Å². The van der Waals surface area contributed by atoms with Crippen LogP contribution in [0.1, 0.15) is 18.9 Å². The molecule has 0 N–H and O–H groups in total. The van der Waals surface area contributed by atoms with Crippen molar-refractivity contribution in [2.24, 2.45) is 0 Å². The molecular weight excluding hydrogens is 364 g/mol. The Labute approximate surface area is 161 Å². The molecule has 0 saturated heterocycles. The summed E-state index contributed by atoms with van der Waals surface area (Å²) in [6.07, 6.45) is 1.46. The Hall–Kier alpha value is -2.54. The van der Waals surface area contributed by atoms with Crippen LogP contribution in [0.3, 0.4) is 0 Å². The van der Waals surface area contributed by atoms with Crippen LogP contribution < -0.4 is 9.04 Å². The van der Waals surface area contributed by atoms with Gasteiger partial charge in [0.25, 0.3) is 0 Å². The maximum absolute atomic E-state index is 13.1. The van der Waals surface area contributed by atoms with Gasteiger partial charge in [-0.05, 0) is 24.1 Å². The monoisotopic (exact) mass is 390 g/mol. The number of anilines is 1. The van der Waals surface area contributed by atoms with Gasteiger partial charge in [0.1, 0.15) is 11.8 Å². The highest BCUT2D eigenvalue weighted by Gasteiger charge is 2.33. The van der Waals surface area contributed by atoms with Crippen LogP contribution in [0.2, 0.25) is 0 Å². The summed E-state index contributed by atoms with van der Waals surface area (Å²) >= 11 is 0. The number of likely N-dealkylation sites (N-methyl/N-ethyl adjacent to an activating group) is 1. The van der Waals surface area contributed by atoms with Crippen molar-refractivity contribution < 1.29 is 17.9 Å². The van der Waals surface area contributed by atoms with Crippen molar-refractivity contribution in [3.8, 4) is 5.75 Å². The molecule has 0 unspecified atom stereocenters. The third kappa shape index (κ3) is 5.23. The summed E-state index contributed by atoms with van der Waals surface area (Å²) in [5, 5.41) is 0. The average molecular weight is 391 g/mol.